The molecule has 0 saturated carbocycles. The maximum Gasteiger partial charge on any atom is 0.244 e. The van der Waals surface area contributed by atoms with Crippen LogP contribution < -0.4 is 5.32 Å². The number of amides is 1. The van der Waals surface area contributed by atoms with Crippen molar-refractivity contribution in [2.24, 2.45) is 11.3 Å². The zero-order valence-electron chi connectivity index (χ0n) is 16.4. The van der Waals surface area contributed by atoms with Crippen LogP contribution in [0.3, 0.4) is 0 Å². The van der Waals surface area contributed by atoms with Gasteiger partial charge in [0.2, 0.25) is 5.91 Å². The molecule has 1 aliphatic rings. The second-order valence-electron chi connectivity index (χ2n) is 8.50. The number of nitrogens with zero attached hydrogens (tertiary/aromatic N) is 2. The summed E-state index contributed by atoms with van der Waals surface area (Å²) in [5, 5.41) is 7.82. The minimum atomic E-state index is -0.0320. The Bertz CT molecular complexity index is 812. The van der Waals surface area contributed by atoms with Crippen LogP contribution in [0.4, 0.5) is 0 Å². The number of carbonyl (C=O) groups is 1. The highest BCUT2D eigenvalue weighted by atomic mass is 16.1. The Morgan fingerprint density at radius 2 is 2.00 bits per heavy atom. The van der Waals surface area contributed by atoms with Crippen molar-refractivity contribution in [3.05, 3.63) is 59.4 Å². The summed E-state index contributed by atoms with van der Waals surface area (Å²) in [5.74, 6) is 0.332. The molecule has 1 N–H and O–H groups in total. The van der Waals surface area contributed by atoms with Crippen LogP contribution in [0.25, 0.3) is 5.69 Å². The minimum absolute atomic E-state index is 0.00254. The van der Waals surface area contributed by atoms with Gasteiger partial charge in [-0.05, 0) is 49.3 Å². The molecule has 0 saturated heterocycles. The predicted molar refractivity (Wildman–Crippen MR) is 105 cm³/mol. The third kappa shape index (κ3) is 4.06. The SMILES string of the molecule is Cc1ccc(-n2ncc3c2CC(C)(C)C[C@H]3NC(=O)/C=C/C(C)C)cc1. The van der Waals surface area contributed by atoms with E-state index in [-0.39, 0.29) is 17.4 Å². The first-order chi connectivity index (χ1) is 12.2. The summed E-state index contributed by atoms with van der Waals surface area (Å²) in [6.07, 6.45) is 7.36. The fourth-order valence-electron chi connectivity index (χ4n) is 3.58. The lowest BCUT2D eigenvalue weighted by Crippen LogP contribution is -2.36. The van der Waals surface area contributed by atoms with Gasteiger partial charge in [-0.2, -0.15) is 5.10 Å². The highest BCUT2D eigenvalue weighted by Gasteiger charge is 2.35. The van der Waals surface area contributed by atoms with Crippen molar-refractivity contribution in [3.8, 4) is 5.69 Å². The molecule has 1 aliphatic carbocycles. The normalized spacial score (nSPS) is 18.9. The van der Waals surface area contributed by atoms with Crippen molar-refractivity contribution in [2.75, 3.05) is 0 Å². The number of carbonyl (C=O) groups excluding carboxylic acids is 1. The van der Waals surface area contributed by atoms with E-state index in [1.54, 1.807) is 6.08 Å². The number of aromatic nitrogens is 2. The smallest absolute Gasteiger partial charge is 0.244 e. The number of benzene rings is 1. The average Bonchev–Trinajstić information content (AvgIpc) is 2.96. The second kappa shape index (κ2) is 7.10. The summed E-state index contributed by atoms with van der Waals surface area (Å²) in [5.41, 5.74) is 4.74. The van der Waals surface area contributed by atoms with Gasteiger partial charge in [-0.1, -0.05) is 51.5 Å². The molecule has 2 aromatic rings. The van der Waals surface area contributed by atoms with E-state index in [2.05, 4.69) is 69.3 Å². The number of allylic oxidation sites excluding steroid dienone is 1. The van der Waals surface area contributed by atoms with Crippen molar-refractivity contribution in [3.63, 3.8) is 0 Å². The van der Waals surface area contributed by atoms with Crippen LogP contribution >= 0.6 is 0 Å². The molecule has 1 heterocycles. The summed E-state index contributed by atoms with van der Waals surface area (Å²) in [4.78, 5) is 12.3. The number of hydrogen-bond acceptors (Lipinski definition) is 2. The Morgan fingerprint density at radius 3 is 2.65 bits per heavy atom. The van der Waals surface area contributed by atoms with Crippen LogP contribution in [-0.4, -0.2) is 15.7 Å². The van der Waals surface area contributed by atoms with E-state index in [0.29, 0.717) is 5.92 Å². The molecule has 26 heavy (non-hydrogen) atoms. The zero-order chi connectivity index (χ0) is 18.9. The molecule has 1 aromatic heterocycles. The first-order valence-corrected chi connectivity index (χ1v) is 9.38. The molecule has 0 unspecified atom stereocenters. The van der Waals surface area contributed by atoms with Gasteiger partial charge < -0.3 is 5.32 Å². The molecule has 138 valence electrons. The largest absolute Gasteiger partial charge is 0.346 e. The standard InChI is InChI=1S/C22H29N3O/c1-15(2)6-11-21(26)24-19-12-22(4,5)13-20-18(19)14-23-25(20)17-9-7-16(3)8-10-17/h6-11,14-15,19H,12-13H2,1-5H3,(H,24,26)/b11-6+/t19-/m1/s1. The molecule has 3 rings (SSSR count). The highest BCUT2D eigenvalue weighted by Crippen LogP contribution is 2.41. The summed E-state index contributed by atoms with van der Waals surface area (Å²) < 4.78 is 2.03. The number of hydrogen-bond donors (Lipinski definition) is 1. The molecule has 0 aliphatic heterocycles. The van der Waals surface area contributed by atoms with E-state index in [1.807, 2.05) is 17.0 Å². The third-order valence-corrected chi connectivity index (χ3v) is 4.91. The van der Waals surface area contributed by atoms with Crippen LogP contribution in [-0.2, 0) is 11.2 Å². The van der Waals surface area contributed by atoms with Crippen molar-refractivity contribution in [1.29, 1.82) is 0 Å². The molecule has 4 nitrogen and oxygen atoms in total. The molecule has 0 radical (unpaired) electrons. The monoisotopic (exact) mass is 351 g/mol. The lowest BCUT2D eigenvalue weighted by molar-refractivity contribution is -0.117. The van der Waals surface area contributed by atoms with E-state index in [0.717, 1.165) is 24.1 Å². The van der Waals surface area contributed by atoms with Gasteiger partial charge >= 0.3 is 0 Å². The fourth-order valence-corrected chi connectivity index (χ4v) is 3.58. The molecular formula is C22H29N3O. The van der Waals surface area contributed by atoms with Crippen LogP contribution in [0.1, 0.15) is 57.0 Å². The van der Waals surface area contributed by atoms with E-state index in [4.69, 9.17) is 0 Å². The molecule has 4 heteroatoms. The Morgan fingerprint density at radius 1 is 1.31 bits per heavy atom. The summed E-state index contributed by atoms with van der Waals surface area (Å²) in [7, 11) is 0. The third-order valence-electron chi connectivity index (χ3n) is 4.91. The quantitative estimate of drug-likeness (QED) is 0.823. The molecule has 0 fully saturated rings. The van der Waals surface area contributed by atoms with E-state index in [1.165, 1.54) is 11.3 Å². The van der Waals surface area contributed by atoms with Gasteiger partial charge in [0.1, 0.15) is 0 Å². The molecular weight excluding hydrogens is 322 g/mol. The first-order valence-electron chi connectivity index (χ1n) is 9.38. The van der Waals surface area contributed by atoms with E-state index in [9.17, 15) is 4.79 Å². The van der Waals surface area contributed by atoms with Crippen molar-refractivity contribution in [1.82, 2.24) is 15.1 Å². The molecule has 0 spiro atoms. The van der Waals surface area contributed by atoms with Crippen molar-refractivity contribution in [2.45, 2.75) is 53.5 Å². The molecule has 1 atom stereocenters. The topological polar surface area (TPSA) is 46.9 Å². The van der Waals surface area contributed by atoms with Crippen LogP contribution in [0.15, 0.2) is 42.6 Å². The lowest BCUT2D eigenvalue weighted by atomic mass is 9.74. The van der Waals surface area contributed by atoms with E-state index >= 15 is 0 Å². The zero-order valence-corrected chi connectivity index (χ0v) is 16.4. The average molecular weight is 351 g/mol. The Hall–Kier alpha value is -2.36. The van der Waals surface area contributed by atoms with Crippen molar-refractivity contribution < 1.29 is 4.79 Å². The van der Waals surface area contributed by atoms with Gasteiger partial charge in [-0.3, -0.25) is 4.79 Å². The number of nitrogens with one attached hydrogen (secondary N) is 1. The first kappa shape index (κ1) is 18.4. The number of rotatable bonds is 4. The van der Waals surface area contributed by atoms with Crippen molar-refractivity contribution >= 4 is 5.91 Å². The maximum atomic E-state index is 12.3. The molecule has 0 bridgehead atoms. The fraction of sp³-hybridized carbons (Fsp3) is 0.455. The molecule has 1 amide bonds. The second-order valence-corrected chi connectivity index (χ2v) is 8.50. The van der Waals surface area contributed by atoms with Gasteiger partial charge in [0.25, 0.3) is 0 Å². The lowest BCUT2D eigenvalue weighted by Gasteiger charge is -2.35. The summed E-state index contributed by atoms with van der Waals surface area (Å²) >= 11 is 0. The van der Waals surface area contributed by atoms with Crippen LogP contribution in [0, 0.1) is 18.3 Å². The van der Waals surface area contributed by atoms with Crippen LogP contribution in [0.2, 0.25) is 0 Å². The minimum Gasteiger partial charge on any atom is -0.346 e. The van der Waals surface area contributed by atoms with Gasteiger partial charge in [0.15, 0.2) is 0 Å². The van der Waals surface area contributed by atoms with Gasteiger partial charge in [0.05, 0.1) is 23.6 Å². The number of aryl methyl sites for hydroxylation is 1. The van der Waals surface area contributed by atoms with Gasteiger partial charge in [0, 0.05) is 5.56 Å². The number of fused-ring (bicyclic) bond motifs is 1. The predicted octanol–water partition coefficient (Wildman–Crippen LogP) is 4.52. The highest BCUT2D eigenvalue weighted by molar-refractivity contribution is 5.87. The Labute approximate surface area is 156 Å². The maximum absolute atomic E-state index is 12.3. The van der Waals surface area contributed by atoms with Crippen LogP contribution in [0.5, 0.6) is 0 Å². The van der Waals surface area contributed by atoms with E-state index < -0.39 is 0 Å². The van der Waals surface area contributed by atoms with Gasteiger partial charge in [-0.25, -0.2) is 4.68 Å². The Kier molecular flexibility index (Phi) is 5.03. The summed E-state index contributed by atoms with van der Waals surface area (Å²) in [6.45, 7) is 10.7. The summed E-state index contributed by atoms with van der Waals surface area (Å²) in [6, 6.07) is 8.41. The molecule has 1 aromatic carbocycles. The van der Waals surface area contributed by atoms with Gasteiger partial charge in [-0.15, -0.1) is 0 Å². The Balaban J connectivity index is 1.92.